The smallest absolute Gasteiger partial charge is 0.316 e. The molecule has 0 aliphatic carbocycles. The number of nitrogens with zero attached hydrogens (tertiary/aromatic N) is 2. The van der Waals surface area contributed by atoms with Crippen LogP contribution in [0.15, 0.2) is 6.20 Å². The van der Waals surface area contributed by atoms with E-state index in [4.69, 9.17) is 9.84 Å². The average Bonchev–Trinajstić information content (AvgIpc) is 2.03. The molecule has 0 saturated carbocycles. The Kier molecular flexibility index (Phi) is 3.19. The van der Waals surface area contributed by atoms with Crippen LogP contribution in [0.1, 0.15) is 25.1 Å². The fourth-order valence-corrected chi connectivity index (χ4v) is 0.894. The number of aliphatic hydroxyl groups is 1. The van der Waals surface area contributed by atoms with Crippen molar-refractivity contribution in [1.29, 1.82) is 0 Å². The van der Waals surface area contributed by atoms with E-state index < -0.39 is 0 Å². The molecule has 4 nitrogen and oxygen atoms in total. The van der Waals surface area contributed by atoms with Crippen LogP contribution in [0.25, 0.3) is 0 Å². The molecular formula is C9H14N2O2. The highest BCUT2D eigenvalue weighted by molar-refractivity contribution is 5.16. The third-order valence-corrected chi connectivity index (χ3v) is 1.57. The van der Waals surface area contributed by atoms with Crippen LogP contribution in [0.3, 0.4) is 0 Å². The number of ether oxygens (including phenoxy) is 1. The van der Waals surface area contributed by atoms with E-state index in [0.717, 1.165) is 11.3 Å². The van der Waals surface area contributed by atoms with Gasteiger partial charge in [0, 0.05) is 11.8 Å². The third kappa shape index (κ3) is 2.66. The molecule has 0 bridgehead atoms. The molecule has 0 spiro atoms. The number of hydrogen-bond acceptors (Lipinski definition) is 4. The lowest BCUT2D eigenvalue weighted by molar-refractivity contribution is 0.220. The Bertz CT molecular complexity index is 287. The van der Waals surface area contributed by atoms with Crippen LogP contribution >= 0.6 is 0 Å². The quantitative estimate of drug-likeness (QED) is 0.759. The molecule has 0 aromatic carbocycles. The highest BCUT2D eigenvalue weighted by Crippen LogP contribution is 2.09. The Morgan fingerprint density at radius 3 is 2.69 bits per heavy atom. The van der Waals surface area contributed by atoms with Gasteiger partial charge in [-0.05, 0) is 20.8 Å². The summed E-state index contributed by atoms with van der Waals surface area (Å²) < 4.78 is 5.29. The maximum Gasteiger partial charge on any atom is 0.316 e. The molecule has 1 aromatic heterocycles. The summed E-state index contributed by atoms with van der Waals surface area (Å²) in [6, 6.07) is 0.365. The number of aromatic nitrogens is 2. The highest BCUT2D eigenvalue weighted by atomic mass is 16.5. The SMILES string of the molecule is Cc1nc(OC(C)C)ncc1CO. The van der Waals surface area contributed by atoms with Crippen LogP contribution in [0.5, 0.6) is 6.01 Å². The topological polar surface area (TPSA) is 55.2 Å². The summed E-state index contributed by atoms with van der Waals surface area (Å²) in [5, 5.41) is 8.87. The van der Waals surface area contributed by atoms with Gasteiger partial charge in [0.2, 0.25) is 0 Å². The van der Waals surface area contributed by atoms with Gasteiger partial charge in [0.05, 0.1) is 18.4 Å². The fourth-order valence-electron chi connectivity index (χ4n) is 0.894. The van der Waals surface area contributed by atoms with Crippen LogP contribution in [-0.4, -0.2) is 21.2 Å². The predicted molar refractivity (Wildman–Crippen MR) is 48.5 cm³/mol. The average molecular weight is 182 g/mol. The summed E-state index contributed by atoms with van der Waals surface area (Å²) in [6.45, 7) is 5.62. The Balaban J connectivity index is 2.83. The summed E-state index contributed by atoms with van der Waals surface area (Å²) in [5.74, 6) is 0. The van der Waals surface area contributed by atoms with Gasteiger partial charge >= 0.3 is 6.01 Å². The lowest BCUT2D eigenvalue weighted by Gasteiger charge is -2.08. The van der Waals surface area contributed by atoms with Gasteiger partial charge in [-0.15, -0.1) is 0 Å². The van der Waals surface area contributed by atoms with E-state index in [1.54, 1.807) is 6.20 Å². The first-order valence-electron chi connectivity index (χ1n) is 4.23. The standard InChI is InChI=1S/C9H14N2O2/c1-6(2)13-9-10-4-8(5-12)7(3)11-9/h4,6,12H,5H2,1-3H3. The monoisotopic (exact) mass is 182 g/mol. The zero-order chi connectivity index (χ0) is 9.84. The van der Waals surface area contributed by atoms with Crippen molar-refractivity contribution in [3.63, 3.8) is 0 Å². The van der Waals surface area contributed by atoms with Crippen molar-refractivity contribution in [2.45, 2.75) is 33.5 Å². The van der Waals surface area contributed by atoms with Crippen LogP contribution in [0.4, 0.5) is 0 Å². The van der Waals surface area contributed by atoms with Crippen molar-refractivity contribution in [1.82, 2.24) is 9.97 Å². The molecule has 0 fully saturated rings. The largest absolute Gasteiger partial charge is 0.461 e. The van der Waals surface area contributed by atoms with Gasteiger partial charge < -0.3 is 9.84 Å². The maximum atomic E-state index is 8.87. The molecule has 0 radical (unpaired) electrons. The van der Waals surface area contributed by atoms with Crippen molar-refractivity contribution < 1.29 is 9.84 Å². The molecule has 4 heteroatoms. The first-order valence-corrected chi connectivity index (χ1v) is 4.23. The lowest BCUT2D eigenvalue weighted by atomic mass is 10.3. The molecule has 1 heterocycles. The molecular weight excluding hydrogens is 168 g/mol. The zero-order valence-corrected chi connectivity index (χ0v) is 8.11. The minimum Gasteiger partial charge on any atom is -0.461 e. The van der Waals surface area contributed by atoms with Gasteiger partial charge in [-0.25, -0.2) is 9.97 Å². The molecule has 1 rings (SSSR count). The highest BCUT2D eigenvalue weighted by Gasteiger charge is 2.04. The van der Waals surface area contributed by atoms with Gasteiger partial charge in [-0.1, -0.05) is 0 Å². The van der Waals surface area contributed by atoms with Gasteiger partial charge in [0.15, 0.2) is 0 Å². The molecule has 1 N–H and O–H groups in total. The van der Waals surface area contributed by atoms with Gasteiger partial charge in [-0.3, -0.25) is 0 Å². The predicted octanol–water partition coefficient (Wildman–Crippen LogP) is 1.06. The van der Waals surface area contributed by atoms with Crippen molar-refractivity contribution in [3.8, 4) is 6.01 Å². The third-order valence-electron chi connectivity index (χ3n) is 1.57. The van der Waals surface area contributed by atoms with E-state index in [1.807, 2.05) is 20.8 Å². The van der Waals surface area contributed by atoms with E-state index in [2.05, 4.69) is 9.97 Å². The first kappa shape index (κ1) is 9.92. The normalized spacial score (nSPS) is 10.5. The van der Waals surface area contributed by atoms with Crippen LogP contribution in [0, 0.1) is 6.92 Å². The van der Waals surface area contributed by atoms with Gasteiger partial charge in [-0.2, -0.15) is 0 Å². The van der Waals surface area contributed by atoms with E-state index >= 15 is 0 Å². The molecule has 0 saturated heterocycles. The molecule has 0 aliphatic rings. The Morgan fingerprint density at radius 1 is 1.54 bits per heavy atom. The zero-order valence-electron chi connectivity index (χ0n) is 8.11. The first-order chi connectivity index (χ1) is 6.13. The van der Waals surface area contributed by atoms with Crippen LogP contribution < -0.4 is 4.74 Å². The number of aliphatic hydroxyl groups excluding tert-OH is 1. The van der Waals surface area contributed by atoms with E-state index in [-0.39, 0.29) is 12.7 Å². The van der Waals surface area contributed by atoms with Crippen molar-refractivity contribution in [2.75, 3.05) is 0 Å². The number of hydrogen-bond donors (Lipinski definition) is 1. The Hall–Kier alpha value is -1.16. The van der Waals surface area contributed by atoms with E-state index in [1.165, 1.54) is 0 Å². The summed E-state index contributed by atoms with van der Waals surface area (Å²) in [4.78, 5) is 8.05. The molecule has 0 amide bonds. The second-order valence-corrected chi connectivity index (χ2v) is 3.09. The Morgan fingerprint density at radius 2 is 2.23 bits per heavy atom. The number of rotatable bonds is 3. The maximum absolute atomic E-state index is 8.87. The van der Waals surface area contributed by atoms with Crippen molar-refractivity contribution in [3.05, 3.63) is 17.5 Å². The van der Waals surface area contributed by atoms with Crippen molar-refractivity contribution >= 4 is 0 Å². The summed E-state index contributed by atoms with van der Waals surface area (Å²) in [5.41, 5.74) is 1.49. The summed E-state index contributed by atoms with van der Waals surface area (Å²) in [7, 11) is 0. The van der Waals surface area contributed by atoms with Crippen LogP contribution in [-0.2, 0) is 6.61 Å². The molecule has 72 valence electrons. The van der Waals surface area contributed by atoms with Gasteiger partial charge in [0.25, 0.3) is 0 Å². The lowest BCUT2D eigenvalue weighted by Crippen LogP contribution is -2.09. The molecule has 13 heavy (non-hydrogen) atoms. The summed E-state index contributed by atoms with van der Waals surface area (Å²) >= 11 is 0. The molecule has 1 aromatic rings. The van der Waals surface area contributed by atoms with Gasteiger partial charge in [0.1, 0.15) is 0 Å². The van der Waals surface area contributed by atoms with E-state index in [9.17, 15) is 0 Å². The minimum atomic E-state index is -0.0339. The molecule has 0 aliphatic heterocycles. The van der Waals surface area contributed by atoms with Crippen molar-refractivity contribution in [2.24, 2.45) is 0 Å². The minimum absolute atomic E-state index is 0.0339. The molecule has 0 atom stereocenters. The van der Waals surface area contributed by atoms with Crippen LogP contribution in [0.2, 0.25) is 0 Å². The number of aryl methyl sites for hydroxylation is 1. The summed E-state index contributed by atoms with van der Waals surface area (Å²) in [6.07, 6.45) is 1.65. The fraction of sp³-hybridized carbons (Fsp3) is 0.556. The Labute approximate surface area is 77.6 Å². The molecule has 0 unspecified atom stereocenters. The van der Waals surface area contributed by atoms with E-state index in [0.29, 0.717) is 6.01 Å². The second kappa shape index (κ2) is 4.18. The second-order valence-electron chi connectivity index (χ2n) is 3.09.